The fourth-order valence-corrected chi connectivity index (χ4v) is 0.731. The molecule has 0 spiro atoms. The molecule has 3 heteroatoms. The Bertz CT molecular complexity index is 114. The van der Waals surface area contributed by atoms with Crippen LogP contribution in [0.25, 0.3) is 0 Å². The third-order valence-corrected chi connectivity index (χ3v) is 1.62. The van der Waals surface area contributed by atoms with Gasteiger partial charge in [-0.05, 0) is 12.2 Å². The van der Waals surface area contributed by atoms with Crippen LogP contribution in [0.5, 0.6) is 0 Å². The van der Waals surface area contributed by atoms with Crippen LogP contribution in [-0.2, 0) is 0 Å². The summed E-state index contributed by atoms with van der Waals surface area (Å²) in [6, 6.07) is 0. The Balaban J connectivity index is 2.59. The predicted molar refractivity (Wildman–Crippen MR) is 35.6 cm³/mol. The van der Waals surface area contributed by atoms with E-state index in [1.807, 2.05) is 12.2 Å². The molecule has 1 aliphatic rings. The van der Waals surface area contributed by atoms with E-state index in [0.29, 0.717) is 0 Å². The van der Waals surface area contributed by atoms with Gasteiger partial charge in [0.05, 0.1) is 0 Å². The maximum Gasteiger partial charge on any atom is 0.137 e. The normalized spacial score (nSPS) is 26.8. The van der Waals surface area contributed by atoms with Gasteiger partial charge in [-0.25, -0.2) is 0 Å². The van der Waals surface area contributed by atoms with Crippen molar-refractivity contribution in [3.05, 3.63) is 24.4 Å². The molecular formula is C5H5Cl2N. The first-order chi connectivity index (χ1) is 3.80. The molecule has 0 amide bonds. The smallest absolute Gasteiger partial charge is 0.137 e. The Labute approximate surface area is 58.3 Å². The summed E-state index contributed by atoms with van der Waals surface area (Å²) in [5.41, 5.74) is -0.193. The van der Waals surface area contributed by atoms with E-state index < -0.39 is 0 Å². The van der Waals surface area contributed by atoms with Gasteiger partial charge in [0.25, 0.3) is 0 Å². The van der Waals surface area contributed by atoms with Crippen molar-refractivity contribution in [2.45, 2.75) is 5.50 Å². The number of nitrogens with zero attached hydrogens (tertiary/aromatic N) is 1. The average molecular weight is 150 g/mol. The van der Waals surface area contributed by atoms with E-state index in [1.54, 1.807) is 12.3 Å². The van der Waals surface area contributed by atoms with Crippen molar-refractivity contribution < 1.29 is 0 Å². The minimum absolute atomic E-state index is 0.193. The monoisotopic (exact) mass is 149 g/mol. The maximum atomic E-state index is 5.62. The van der Waals surface area contributed by atoms with Crippen molar-refractivity contribution >= 4 is 23.4 Å². The molecule has 0 aromatic carbocycles. The molecule has 1 atom stereocenters. The molecule has 0 aromatic rings. The second kappa shape index (κ2) is 2.42. The average Bonchev–Trinajstić information content (AvgIpc) is 1.77. The van der Waals surface area contributed by atoms with Gasteiger partial charge in [0.2, 0.25) is 0 Å². The Hall–Kier alpha value is -0.140. The largest absolute Gasteiger partial charge is 0.271 e. The van der Waals surface area contributed by atoms with Crippen LogP contribution in [0.15, 0.2) is 24.4 Å². The summed E-state index contributed by atoms with van der Waals surface area (Å²) in [6.07, 6.45) is 7.19. The zero-order valence-electron chi connectivity index (χ0n) is 4.09. The number of hydrogen-bond donors (Lipinski definition) is 0. The van der Waals surface area contributed by atoms with E-state index in [9.17, 15) is 0 Å². The Morgan fingerprint density at radius 1 is 1.38 bits per heavy atom. The van der Waals surface area contributed by atoms with Gasteiger partial charge in [-0.15, -0.1) is 0 Å². The summed E-state index contributed by atoms with van der Waals surface area (Å²) in [6.45, 7) is 0. The van der Waals surface area contributed by atoms with Gasteiger partial charge in [-0.3, -0.25) is 4.42 Å². The first kappa shape index (κ1) is 5.99. The molecule has 1 heterocycles. The van der Waals surface area contributed by atoms with Gasteiger partial charge < -0.3 is 0 Å². The maximum absolute atomic E-state index is 5.62. The third-order valence-electron chi connectivity index (χ3n) is 0.845. The quantitative estimate of drug-likeness (QED) is 0.290. The molecule has 8 heavy (non-hydrogen) atoms. The van der Waals surface area contributed by atoms with Crippen molar-refractivity contribution in [1.82, 2.24) is 4.42 Å². The molecular weight excluding hydrogens is 145 g/mol. The number of allylic oxidation sites excluding steroid dienone is 2. The van der Waals surface area contributed by atoms with Gasteiger partial charge in [0.1, 0.15) is 5.50 Å². The zero-order chi connectivity index (χ0) is 5.98. The van der Waals surface area contributed by atoms with E-state index in [4.69, 9.17) is 23.4 Å². The van der Waals surface area contributed by atoms with Gasteiger partial charge in [0.15, 0.2) is 0 Å². The first-order valence-electron chi connectivity index (χ1n) is 2.24. The number of halogens is 2. The highest BCUT2D eigenvalue weighted by molar-refractivity contribution is 6.26. The van der Waals surface area contributed by atoms with Gasteiger partial charge in [0, 0.05) is 18.0 Å². The van der Waals surface area contributed by atoms with E-state index >= 15 is 0 Å². The van der Waals surface area contributed by atoms with Crippen LogP contribution < -0.4 is 0 Å². The molecule has 1 aliphatic heterocycles. The van der Waals surface area contributed by atoms with Crippen LogP contribution in [0.2, 0.25) is 0 Å². The summed E-state index contributed by atoms with van der Waals surface area (Å²) in [7, 11) is 0. The van der Waals surface area contributed by atoms with E-state index in [1.165, 1.54) is 4.42 Å². The second-order valence-electron chi connectivity index (χ2n) is 1.44. The molecule has 1 rings (SSSR count). The molecule has 0 fully saturated rings. The lowest BCUT2D eigenvalue weighted by Crippen LogP contribution is -2.14. The lowest BCUT2D eigenvalue weighted by Gasteiger charge is -2.15. The molecule has 0 aliphatic carbocycles. The number of alkyl halides is 1. The molecule has 1 nitrogen and oxygen atoms in total. The topological polar surface area (TPSA) is 3.24 Å². The summed E-state index contributed by atoms with van der Waals surface area (Å²) in [5, 5.41) is 0. The molecule has 44 valence electrons. The van der Waals surface area contributed by atoms with Crippen LogP contribution in [0.4, 0.5) is 0 Å². The van der Waals surface area contributed by atoms with E-state index in [2.05, 4.69) is 0 Å². The molecule has 0 bridgehead atoms. The van der Waals surface area contributed by atoms with E-state index in [-0.39, 0.29) is 5.50 Å². The minimum atomic E-state index is -0.193. The summed E-state index contributed by atoms with van der Waals surface area (Å²) >= 11 is 11.2. The molecule has 0 aromatic heterocycles. The Morgan fingerprint density at radius 3 is 2.50 bits per heavy atom. The van der Waals surface area contributed by atoms with Crippen molar-refractivity contribution in [2.75, 3.05) is 0 Å². The highest BCUT2D eigenvalue weighted by Gasteiger charge is 2.05. The van der Waals surface area contributed by atoms with Crippen LogP contribution in [0.3, 0.4) is 0 Å². The van der Waals surface area contributed by atoms with Crippen molar-refractivity contribution in [3.8, 4) is 0 Å². The third kappa shape index (κ3) is 1.17. The molecule has 0 radical (unpaired) electrons. The highest BCUT2D eigenvalue weighted by Crippen LogP contribution is 2.13. The van der Waals surface area contributed by atoms with Gasteiger partial charge >= 0.3 is 0 Å². The van der Waals surface area contributed by atoms with Crippen molar-refractivity contribution in [3.63, 3.8) is 0 Å². The van der Waals surface area contributed by atoms with E-state index in [0.717, 1.165) is 0 Å². The van der Waals surface area contributed by atoms with Crippen LogP contribution in [0, 0.1) is 0 Å². The predicted octanol–water partition coefficient (Wildman–Crippen LogP) is 2.09. The Kier molecular flexibility index (Phi) is 1.81. The summed E-state index contributed by atoms with van der Waals surface area (Å²) in [4.78, 5) is 0. The lowest BCUT2D eigenvalue weighted by atomic mass is 10.4. The number of rotatable bonds is 0. The van der Waals surface area contributed by atoms with Crippen LogP contribution in [-0.4, -0.2) is 9.92 Å². The van der Waals surface area contributed by atoms with Crippen molar-refractivity contribution in [2.24, 2.45) is 0 Å². The second-order valence-corrected chi connectivity index (χ2v) is 2.28. The summed E-state index contributed by atoms with van der Waals surface area (Å²) in [5.74, 6) is 0. The fourth-order valence-electron chi connectivity index (χ4n) is 0.452. The van der Waals surface area contributed by atoms with Gasteiger partial charge in [-0.2, -0.15) is 0 Å². The van der Waals surface area contributed by atoms with Crippen molar-refractivity contribution in [1.29, 1.82) is 0 Å². The SMILES string of the molecule is ClC1C=CC=CN1Cl. The zero-order valence-corrected chi connectivity index (χ0v) is 5.60. The standard InChI is InChI=1S/C5H5Cl2N/c6-5-3-1-2-4-8(5)7/h1-5H. The summed E-state index contributed by atoms with van der Waals surface area (Å²) < 4.78 is 1.40. The molecule has 0 N–H and O–H groups in total. The van der Waals surface area contributed by atoms with Crippen LogP contribution in [0.1, 0.15) is 0 Å². The minimum Gasteiger partial charge on any atom is -0.271 e. The van der Waals surface area contributed by atoms with Crippen LogP contribution >= 0.6 is 23.4 Å². The molecule has 0 saturated carbocycles. The molecule has 0 saturated heterocycles. The first-order valence-corrected chi connectivity index (χ1v) is 3.01. The Morgan fingerprint density at radius 2 is 2.12 bits per heavy atom. The highest BCUT2D eigenvalue weighted by atomic mass is 35.5. The number of hydrogen-bond acceptors (Lipinski definition) is 1. The molecule has 1 unspecified atom stereocenters. The fraction of sp³-hybridized carbons (Fsp3) is 0.200. The lowest BCUT2D eigenvalue weighted by molar-refractivity contribution is 0.620. The van der Waals surface area contributed by atoms with Gasteiger partial charge in [-0.1, -0.05) is 17.7 Å².